The first kappa shape index (κ1) is 9.19. The fraction of sp³-hybridized carbons (Fsp3) is 0.500. The van der Waals surface area contributed by atoms with E-state index >= 15 is 0 Å². The van der Waals surface area contributed by atoms with Crippen molar-refractivity contribution in [2.45, 2.75) is 26.2 Å². The first-order valence-corrected chi connectivity index (χ1v) is 4.38. The normalized spacial score (nSPS) is 11.6. The molecule has 0 unspecified atom stereocenters. The number of hydrogen-bond acceptors (Lipinski definition) is 3. The van der Waals surface area contributed by atoms with Crippen LogP contribution >= 0.6 is 11.5 Å². The van der Waals surface area contributed by atoms with Crippen molar-refractivity contribution in [2.75, 3.05) is 0 Å². The monoisotopic (exact) mass is 185 g/mol. The van der Waals surface area contributed by atoms with Gasteiger partial charge < -0.3 is 5.11 Å². The van der Waals surface area contributed by atoms with E-state index in [0.717, 1.165) is 4.88 Å². The molecular weight excluding hydrogens is 174 g/mol. The van der Waals surface area contributed by atoms with Crippen LogP contribution in [0.1, 0.15) is 36.0 Å². The number of carboxylic acid groups (broad SMARTS) is 1. The minimum absolute atomic E-state index is 0.130. The lowest BCUT2D eigenvalue weighted by Gasteiger charge is -2.16. The van der Waals surface area contributed by atoms with Gasteiger partial charge >= 0.3 is 5.97 Å². The van der Waals surface area contributed by atoms with Crippen molar-refractivity contribution >= 4 is 17.5 Å². The molecule has 4 heteroatoms. The van der Waals surface area contributed by atoms with Crippen LogP contribution in [0.2, 0.25) is 0 Å². The molecule has 0 aliphatic rings. The fourth-order valence-electron chi connectivity index (χ4n) is 0.933. The smallest absolute Gasteiger partial charge is 0.338 e. The summed E-state index contributed by atoms with van der Waals surface area (Å²) in [4.78, 5) is 11.5. The van der Waals surface area contributed by atoms with Crippen LogP contribution in [0.25, 0.3) is 0 Å². The summed E-state index contributed by atoms with van der Waals surface area (Å²) in [5, 5.41) is 8.78. The second kappa shape index (κ2) is 2.86. The number of carboxylic acids is 1. The van der Waals surface area contributed by atoms with Gasteiger partial charge in [-0.25, -0.2) is 4.79 Å². The summed E-state index contributed by atoms with van der Waals surface area (Å²) in [7, 11) is 0. The lowest BCUT2D eigenvalue weighted by atomic mass is 9.92. The predicted molar refractivity (Wildman–Crippen MR) is 47.8 cm³/mol. The molecule has 0 aromatic carbocycles. The van der Waals surface area contributed by atoms with Crippen molar-refractivity contribution in [2.24, 2.45) is 0 Å². The zero-order chi connectivity index (χ0) is 9.35. The Morgan fingerprint density at radius 1 is 1.58 bits per heavy atom. The maximum Gasteiger partial charge on any atom is 0.338 e. The van der Waals surface area contributed by atoms with Crippen molar-refractivity contribution < 1.29 is 9.90 Å². The van der Waals surface area contributed by atoms with Crippen LogP contribution < -0.4 is 0 Å². The Bertz CT molecular complexity index is 298. The highest BCUT2D eigenvalue weighted by Gasteiger charge is 2.23. The van der Waals surface area contributed by atoms with Gasteiger partial charge in [-0.15, -0.1) is 0 Å². The Kier molecular flexibility index (Phi) is 2.19. The molecule has 0 aliphatic carbocycles. The number of aromatic nitrogens is 1. The van der Waals surface area contributed by atoms with Crippen molar-refractivity contribution in [3.8, 4) is 0 Å². The average molecular weight is 185 g/mol. The molecule has 0 amide bonds. The van der Waals surface area contributed by atoms with Gasteiger partial charge in [-0.1, -0.05) is 20.8 Å². The third kappa shape index (κ3) is 1.64. The van der Waals surface area contributed by atoms with Gasteiger partial charge in [0.15, 0.2) is 0 Å². The molecule has 0 atom stereocenters. The highest BCUT2D eigenvalue weighted by Crippen LogP contribution is 2.28. The zero-order valence-corrected chi connectivity index (χ0v) is 8.10. The van der Waals surface area contributed by atoms with E-state index in [-0.39, 0.29) is 5.41 Å². The molecule has 0 radical (unpaired) electrons. The number of aromatic carboxylic acids is 1. The van der Waals surface area contributed by atoms with Gasteiger partial charge in [0.2, 0.25) is 0 Å². The molecule has 0 bridgehead atoms. The summed E-state index contributed by atoms with van der Waals surface area (Å²) >= 11 is 1.25. The highest BCUT2D eigenvalue weighted by molar-refractivity contribution is 7.06. The van der Waals surface area contributed by atoms with Crippen molar-refractivity contribution in [3.05, 3.63) is 16.6 Å². The third-order valence-corrected chi connectivity index (χ3v) is 2.71. The largest absolute Gasteiger partial charge is 0.478 e. The molecule has 3 nitrogen and oxygen atoms in total. The molecule has 12 heavy (non-hydrogen) atoms. The van der Waals surface area contributed by atoms with Crippen molar-refractivity contribution in [3.63, 3.8) is 0 Å². The van der Waals surface area contributed by atoms with E-state index in [9.17, 15) is 4.79 Å². The van der Waals surface area contributed by atoms with E-state index in [0.29, 0.717) is 5.56 Å². The molecule has 1 N–H and O–H groups in total. The Morgan fingerprint density at radius 3 is 2.50 bits per heavy atom. The van der Waals surface area contributed by atoms with Crippen LogP contribution in [-0.4, -0.2) is 15.4 Å². The Balaban J connectivity index is 3.17. The molecule has 0 aliphatic heterocycles. The lowest BCUT2D eigenvalue weighted by molar-refractivity contribution is 0.0695. The number of nitrogens with zero attached hydrogens (tertiary/aromatic N) is 1. The summed E-state index contributed by atoms with van der Waals surface area (Å²) in [6, 6.07) is 0. The molecule has 1 heterocycles. The topological polar surface area (TPSA) is 50.2 Å². The molecule has 0 saturated carbocycles. The van der Waals surface area contributed by atoms with Crippen LogP contribution in [0.3, 0.4) is 0 Å². The Hall–Kier alpha value is -0.900. The zero-order valence-electron chi connectivity index (χ0n) is 7.29. The van der Waals surface area contributed by atoms with Crippen LogP contribution in [0.5, 0.6) is 0 Å². The first-order valence-electron chi connectivity index (χ1n) is 3.61. The molecule has 66 valence electrons. The minimum Gasteiger partial charge on any atom is -0.478 e. The number of carbonyl (C=O) groups is 1. The van der Waals surface area contributed by atoms with Gasteiger partial charge in [-0.3, -0.25) is 0 Å². The van der Waals surface area contributed by atoms with Gasteiger partial charge in [0, 0.05) is 4.88 Å². The maximum atomic E-state index is 10.7. The van der Waals surface area contributed by atoms with E-state index in [1.807, 2.05) is 20.8 Å². The molecule has 1 aromatic heterocycles. The summed E-state index contributed by atoms with van der Waals surface area (Å²) in [6.45, 7) is 5.94. The third-order valence-electron chi connectivity index (χ3n) is 1.48. The SMILES string of the molecule is CC(C)(C)c1sncc1C(=O)O. The minimum atomic E-state index is -0.895. The molecule has 1 aromatic rings. The van der Waals surface area contributed by atoms with E-state index in [1.54, 1.807) is 0 Å². The molecule has 1 rings (SSSR count). The lowest BCUT2D eigenvalue weighted by Crippen LogP contribution is -2.13. The van der Waals surface area contributed by atoms with E-state index in [4.69, 9.17) is 5.11 Å². The Labute approximate surface area is 75.2 Å². The van der Waals surface area contributed by atoms with Crippen LogP contribution in [-0.2, 0) is 5.41 Å². The van der Waals surface area contributed by atoms with Gasteiger partial charge in [0.25, 0.3) is 0 Å². The van der Waals surface area contributed by atoms with Crippen molar-refractivity contribution in [1.29, 1.82) is 0 Å². The van der Waals surface area contributed by atoms with Gasteiger partial charge in [0.05, 0.1) is 11.8 Å². The summed E-state index contributed by atoms with van der Waals surface area (Å²) in [5.74, 6) is -0.895. The average Bonchev–Trinajstić information content (AvgIpc) is 2.30. The quantitative estimate of drug-likeness (QED) is 0.729. The van der Waals surface area contributed by atoms with E-state index in [2.05, 4.69) is 4.37 Å². The molecule has 0 saturated heterocycles. The second-order valence-corrected chi connectivity index (χ2v) is 4.43. The predicted octanol–water partition coefficient (Wildman–Crippen LogP) is 2.14. The maximum absolute atomic E-state index is 10.7. The fourth-order valence-corrected chi connectivity index (χ4v) is 1.71. The Morgan fingerprint density at radius 2 is 2.17 bits per heavy atom. The van der Waals surface area contributed by atoms with Gasteiger partial charge in [-0.05, 0) is 16.9 Å². The van der Waals surface area contributed by atoms with Crippen LogP contribution in [0.4, 0.5) is 0 Å². The first-order chi connectivity index (χ1) is 5.43. The van der Waals surface area contributed by atoms with Gasteiger partial charge in [0.1, 0.15) is 0 Å². The van der Waals surface area contributed by atoms with E-state index in [1.165, 1.54) is 17.7 Å². The van der Waals surface area contributed by atoms with Crippen molar-refractivity contribution in [1.82, 2.24) is 4.37 Å². The summed E-state index contributed by atoms with van der Waals surface area (Å²) in [6.07, 6.45) is 1.41. The van der Waals surface area contributed by atoms with Crippen LogP contribution in [0, 0.1) is 0 Å². The number of rotatable bonds is 1. The van der Waals surface area contributed by atoms with Crippen LogP contribution in [0.15, 0.2) is 6.20 Å². The van der Waals surface area contributed by atoms with E-state index < -0.39 is 5.97 Å². The number of hydrogen-bond donors (Lipinski definition) is 1. The molecule has 0 fully saturated rings. The summed E-state index contributed by atoms with van der Waals surface area (Å²) in [5.41, 5.74) is 0.196. The summed E-state index contributed by atoms with van der Waals surface area (Å²) < 4.78 is 3.87. The van der Waals surface area contributed by atoms with Gasteiger partial charge in [-0.2, -0.15) is 4.37 Å². The molecule has 0 spiro atoms. The molecular formula is C8H11NO2S. The standard InChI is InChI=1S/C8H11NO2S/c1-8(2,3)6-5(7(10)11)4-9-12-6/h4H,1-3H3,(H,10,11). The highest BCUT2D eigenvalue weighted by atomic mass is 32.1. The second-order valence-electron chi connectivity index (χ2n) is 3.62.